The predicted molar refractivity (Wildman–Crippen MR) is 51.3 cm³/mol. The molecule has 0 aromatic carbocycles. The Morgan fingerprint density at radius 2 is 1.73 bits per heavy atom. The van der Waals surface area contributed by atoms with Gasteiger partial charge < -0.3 is 11.5 Å². The average Bonchev–Trinajstić information content (AvgIpc) is 2.11. The molecule has 0 aromatic heterocycles. The number of nitrogens with one attached hydrogen (secondary N) is 3. The Hall–Kier alpha value is -2.32. The number of rotatable bonds is 3. The van der Waals surface area contributed by atoms with E-state index in [1.54, 1.807) is 0 Å². The number of nitrogens with zero attached hydrogens (tertiary/aromatic N) is 1. The quantitative estimate of drug-likeness (QED) is 0.277. The molecular formula is C6H12N6O3. The van der Waals surface area contributed by atoms with Crippen molar-refractivity contribution in [1.82, 2.24) is 16.3 Å². The third kappa shape index (κ3) is 8.02. The molecule has 0 aliphatic heterocycles. The van der Waals surface area contributed by atoms with Crippen LogP contribution in [-0.4, -0.2) is 23.7 Å². The maximum absolute atomic E-state index is 11.0. The van der Waals surface area contributed by atoms with E-state index in [0.717, 1.165) is 0 Å². The minimum absolute atomic E-state index is 0.111. The lowest BCUT2D eigenvalue weighted by Gasteiger charge is -2.04. The highest BCUT2D eigenvalue weighted by atomic mass is 16.2. The van der Waals surface area contributed by atoms with Crippen LogP contribution in [-0.2, 0) is 4.79 Å². The molecule has 0 unspecified atom stereocenters. The summed E-state index contributed by atoms with van der Waals surface area (Å²) in [7, 11) is 0. The molecule has 5 amide bonds. The van der Waals surface area contributed by atoms with Crippen molar-refractivity contribution >= 4 is 23.7 Å². The molecule has 0 aromatic rings. The average molecular weight is 216 g/mol. The number of hydrogen-bond acceptors (Lipinski definition) is 4. The van der Waals surface area contributed by atoms with E-state index < -0.39 is 18.0 Å². The number of hydrogen-bond donors (Lipinski definition) is 5. The number of nitrogens with two attached hydrogens (primary N) is 2. The summed E-state index contributed by atoms with van der Waals surface area (Å²) < 4.78 is 0. The maximum Gasteiger partial charge on any atom is 0.332 e. The summed E-state index contributed by atoms with van der Waals surface area (Å²) in [5, 5.41) is 3.48. The molecular weight excluding hydrogens is 204 g/mol. The molecule has 0 rings (SSSR count). The van der Waals surface area contributed by atoms with Crippen molar-refractivity contribution < 1.29 is 14.4 Å². The lowest BCUT2D eigenvalue weighted by atomic mass is 10.3. The monoisotopic (exact) mass is 216 g/mol. The first-order valence-electron chi connectivity index (χ1n) is 3.84. The smallest absolute Gasteiger partial charge is 0.332 e. The Bertz CT molecular complexity index is 299. The number of hydrazine groups is 1. The zero-order valence-electron chi connectivity index (χ0n) is 8.03. The van der Waals surface area contributed by atoms with Crippen LogP contribution in [0, 0.1) is 0 Å². The molecule has 0 atom stereocenters. The molecule has 0 fully saturated rings. The summed E-state index contributed by atoms with van der Waals surface area (Å²) in [4.78, 5) is 31.4. The minimum Gasteiger partial charge on any atom is -0.350 e. The van der Waals surface area contributed by atoms with Gasteiger partial charge in [-0.25, -0.2) is 20.4 Å². The zero-order valence-corrected chi connectivity index (χ0v) is 8.03. The molecule has 7 N–H and O–H groups in total. The number of hydrazone groups is 1. The summed E-state index contributed by atoms with van der Waals surface area (Å²) in [6.07, 6.45) is -0.111. The van der Waals surface area contributed by atoms with Crippen LogP contribution in [0.25, 0.3) is 0 Å². The summed E-state index contributed by atoms with van der Waals surface area (Å²) in [5.74, 6) is -0.527. The first-order valence-corrected chi connectivity index (χ1v) is 3.84. The predicted octanol–water partition coefficient (Wildman–Crippen LogP) is -1.88. The van der Waals surface area contributed by atoms with Crippen LogP contribution in [0.2, 0.25) is 0 Å². The van der Waals surface area contributed by atoms with Crippen LogP contribution in [0.4, 0.5) is 9.59 Å². The second kappa shape index (κ2) is 6.18. The van der Waals surface area contributed by atoms with Gasteiger partial charge in [-0.3, -0.25) is 10.2 Å². The Morgan fingerprint density at radius 1 is 1.13 bits per heavy atom. The van der Waals surface area contributed by atoms with Crippen LogP contribution in [0.1, 0.15) is 13.3 Å². The van der Waals surface area contributed by atoms with Crippen molar-refractivity contribution in [3.63, 3.8) is 0 Å². The van der Waals surface area contributed by atoms with Gasteiger partial charge in [-0.1, -0.05) is 0 Å². The van der Waals surface area contributed by atoms with E-state index in [1.807, 2.05) is 16.3 Å². The van der Waals surface area contributed by atoms with E-state index in [4.69, 9.17) is 11.5 Å². The van der Waals surface area contributed by atoms with Crippen molar-refractivity contribution in [2.24, 2.45) is 16.6 Å². The third-order valence-electron chi connectivity index (χ3n) is 1.10. The summed E-state index contributed by atoms with van der Waals surface area (Å²) in [5.41, 5.74) is 15.6. The number of carbonyl (C=O) groups excluding carboxylic acids is 3. The van der Waals surface area contributed by atoms with Crippen LogP contribution < -0.4 is 27.7 Å². The van der Waals surface area contributed by atoms with Gasteiger partial charge >= 0.3 is 12.1 Å². The SMILES string of the molecule is CC(CC(=O)NNC(N)=O)=NNC(N)=O. The number of urea groups is 2. The van der Waals surface area contributed by atoms with Crippen molar-refractivity contribution in [2.75, 3.05) is 0 Å². The molecule has 9 heteroatoms. The summed E-state index contributed by atoms with van der Waals surface area (Å²) >= 11 is 0. The van der Waals surface area contributed by atoms with E-state index in [9.17, 15) is 14.4 Å². The van der Waals surface area contributed by atoms with Gasteiger partial charge in [0, 0.05) is 5.71 Å². The molecule has 0 bridgehead atoms. The Balaban J connectivity index is 3.90. The molecule has 9 nitrogen and oxygen atoms in total. The topological polar surface area (TPSA) is 152 Å². The van der Waals surface area contributed by atoms with Gasteiger partial charge in [-0.15, -0.1) is 0 Å². The van der Waals surface area contributed by atoms with Crippen molar-refractivity contribution in [2.45, 2.75) is 13.3 Å². The fraction of sp³-hybridized carbons (Fsp3) is 0.333. The highest BCUT2D eigenvalue weighted by Gasteiger charge is 2.04. The fourth-order valence-corrected chi connectivity index (χ4v) is 0.598. The van der Waals surface area contributed by atoms with Gasteiger partial charge in [-0.2, -0.15) is 5.10 Å². The van der Waals surface area contributed by atoms with Gasteiger partial charge in [0.25, 0.3) is 0 Å². The maximum atomic E-state index is 11.0. The molecule has 0 aliphatic carbocycles. The largest absolute Gasteiger partial charge is 0.350 e. The first kappa shape index (κ1) is 12.7. The van der Waals surface area contributed by atoms with E-state index in [-0.39, 0.29) is 6.42 Å². The zero-order chi connectivity index (χ0) is 11.8. The molecule has 0 saturated heterocycles. The van der Waals surface area contributed by atoms with Gasteiger partial charge in [0.05, 0.1) is 6.42 Å². The van der Waals surface area contributed by atoms with Crippen molar-refractivity contribution in [3.05, 3.63) is 0 Å². The molecule has 0 spiro atoms. The van der Waals surface area contributed by atoms with E-state index in [2.05, 4.69) is 5.10 Å². The molecule has 15 heavy (non-hydrogen) atoms. The summed E-state index contributed by atoms with van der Waals surface area (Å²) in [6.45, 7) is 1.50. The van der Waals surface area contributed by atoms with Gasteiger partial charge in [-0.05, 0) is 6.92 Å². The van der Waals surface area contributed by atoms with Gasteiger partial charge in [0.2, 0.25) is 5.91 Å². The second-order valence-electron chi connectivity index (χ2n) is 2.54. The Morgan fingerprint density at radius 3 is 2.20 bits per heavy atom. The van der Waals surface area contributed by atoms with E-state index >= 15 is 0 Å². The standard InChI is InChI=1S/C6H12N6O3/c1-3(9-11-5(7)14)2-4(13)10-12-6(8)15/h2H2,1H3,(H,10,13)(H3,7,11,14)(H3,8,12,15). The van der Waals surface area contributed by atoms with E-state index in [1.165, 1.54) is 6.92 Å². The second-order valence-corrected chi connectivity index (χ2v) is 2.54. The molecule has 0 heterocycles. The highest BCUT2D eigenvalue weighted by molar-refractivity contribution is 6.00. The summed E-state index contributed by atoms with van der Waals surface area (Å²) in [6, 6.07) is -1.71. The highest BCUT2D eigenvalue weighted by Crippen LogP contribution is 1.84. The first-order chi connectivity index (χ1) is 6.91. The van der Waals surface area contributed by atoms with Crippen molar-refractivity contribution in [1.29, 1.82) is 0 Å². The van der Waals surface area contributed by atoms with Gasteiger partial charge in [0.1, 0.15) is 0 Å². The van der Waals surface area contributed by atoms with Crippen molar-refractivity contribution in [3.8, 4) is 0 Å². The van der Waals surface area contributed by atoms with Crippen LogP contribution in [0.5, 0.6) is 0 Å². The van der Waals surface area contributed by atoms with Gasteiger partial charge in [0.15, 0.2) is 0 Å². The van der Waals surface area contributed by atoms with Crippen LogP contribution >= 0.6 is 0 Å². The van der Waals surface area contributed by atoms with Crippen LogP contribution in [0.3, 0.4) is 0 Å². The molecule has 0 saturated carbocycles. The number of carbonyl (C=O) groups is 3. The lowest BCUT2D eigenvalue weighted by molar-refractivity contribution is -0.120. The molecule has 0 radical (unpaired) electrons. The minimum atomic E-state index is -0.881. The van der Waals surface area contributed by atoms with Crippen LogP contribution in [0.15, 0.2) is 5.10 Å². The normalized spacial score (nSPS) is 10.3. The number of amides is 5. The Labute approximate surface area is 85.2 Å². The number of primary amides is 2. The third-order valence-corrected chi connectivity index (χ3v) is 1.10. The molecule has 0 aliphatic rings. The fourth-order valence-electron chi connectivity index (χ4n) is 0.598. The molecule has 84 valence electrons. The van der Waals surface area contributed by atoms with E-state index in [0.29, 0.717) is 5.71 Å². The Kier molecular flexibility index (Phi) is 5.23. The lowest BCUT2D eigenvalue weighted by Crippen LogP contribution is -2.45.